The number of amides is 3. The highest BCUT2D eigenvalue weighted by Crippen LogP contribution is 2.25. The maximum atomic E-state index is 15.2. The highest BCUT2D eigenvalue weighted by Gasteiger charge is 2.40. The first-order valence-corrected chi connectivity index (χ1v) is 13.0. The van der Waals surface area contributed by atoms with Gasteiger partial charge in [0.15, 0.2) is 0 Å². The van der Waals surface area contributed by atoms with Crippen molar-refractivity contribution in [1.82, 2.24) is 14.5 Å². The Morgan fingerprint density at radius 2 is 1.88 bits per heavy atom. The third-order valence-electron chi connectivity index (χ3n) is 6.18. The summed E-state index contributed by atoms with van der Waals surface area (Å²) in [7, 11) is 1.47. The van der Waals surface area contributed by atoms with E-state index < -0.39 is 47.0 Å². The van der Waals surface area contributed by atoms with Crippen molar-refractivity contribution < 1.29 is 28.2 Å². The summed E-state index contributed by atoms with van der Waals surface area (Å²) in [4.78, 5) is 56.9. The topological polar surface area (TPSA) is 132 Å². The summed E-state index contributed by atoms with van der Waals surface area (Å²) < 4.78 is 26.9. The Bertz CT molecular complexity index is 1520. The highest BCUT2D eigenvalue weighted by molar-refractivity contribution is 6.30. The van der Waals surface area contributed by atoms with E-state index in [-0.39, 0.29) is 35.7 Å². The molecular formula is C28H29ClFN5O6. The van der Waals surface area contributed by atoms with Crippen LogP contribution in [0.5, 0.6) is 0 Å². The maximum absolute atomic E-state index is 15.2. The second-order valence-corrected chi connectivity index (χ2v) is 10.7. The van der Waals surface area contributed by atoms with E-state index in [2.05, 4.69) is 15.6 Å². The second kappa shape index (κ2) is 12.1. The van der Waals surface area contributed by atoms with Gasteiger partial charge in [-0.3, -0.25) is 19.5 Å². The number of rotatable bonds is 6. The molecule has 1 aromatic carbocycles. The summed E-state index contributed by atoms with van der Waals surface area (Å²) >= 11 is 5.84. The Kier molecular flexibility index (Phi) is 8.74. The lowest BCUT2D eigenvalue weighted by Crippen LogP contribution is -2.45. The molecule has 1 fully saturated rings. The predicted octanol–water partition coefficient (Wildman–Crippen LogP) is 4.24. The Morgan fingerprint density at radius 1 is 1.12 bits per heavy atom. The SMILES string of the molecule is CO[C@@H]1C[C@H](C(=O)Nc2ccc(-n3cccc(C(=O)OC(C)(C)C)c3=O)cc2F)N(C(=O)Nc2ccc(Cl)cn2)C1. The molecule has 0 aliphatic carbocycles. The summed E-state index contributed by atoms with van der Waals surface area (Å²) in [5.41, 5.74) is -1.72. The molecule has 3 aromatic rings. The number of ether oxygens (including phenoxy) is 2. The van der Waals surface area contributed by atoms with Gasteiger partial charge in [-0.05, 0) is 57.2 Å². The first-order valence-electron chi connectivity index (χ1n) is 12.6. The Morgan fingerprint density at radius 3 is 2.51 bits per heavy atom. The number of hydrogen-bond donors (Lipinski definition) is 2. The third kappa shape index (κ3) is 7.08. The van der Waals surface area contributed by atoms with Crippen molar-refractivity contribution in [1.29, 1.82) is 0 Å². The average Bonchev–Trinajstić information content (AvgIpc) is 3.35. The zero-order chi connectivity index (χ0) is 29.9. The van der Waals surface area contributed by atoms with Gasteiger partial charge in [0.25, 0.3) is 5.56 Å². The van der Waals surface area contributed by atoms with Crippen LogP contribution in [-0.2, 0) is 14.3 Å². The van der Waals surface area contributed by atoms with Crippen LogP contribution in [0.4, 0.5) is 20.7 Å². The molecular weight excluding hydrogens is 557 g/mol. The molecule has 1 aliphatic heterocycles. The number of anilines is 2. The normalized spacial score (nSPS) is 16.8. The molecule has 13 heteroatoms. The number of esters is 1. The number of pyridine rings is 2. The van der Waals surface area contributed by atoms with E-state index in [1.165, 1.54) is 54.7 Å². The van der Waals surface area contributed by atoms with Crippen LogP contribution in [0.1, 0.15) is 37.6 Å². The lowest BCUT2D eigenvalue weighted by Gasteiger charge is -2.24. The highest BCUT2D eigenvalue weighted by atomic mass is 35.5. The fourth-order valence-electron chi connectivity index (χ4n) is 4.23. The number of urea groups is 1. The van der Waals surface area contributed by atoms with Crippen molar-refractivity contribution in [3.63, 3.8) is 0 Å². The van der Waals surface area contributed by atoms with E-state index in [0.717, 1.165) is 10.6 Å². The quantitative estimate of drug-likeness (QED) is 0.414. The average molecular weight is 586 g/mol. The first kappa shape index (κ1) is 29.7. The van der Waals surface area contributed by atoms with Crippen LogP contribution in [0.2, 0.25) is 5.02 Å². The van der Waals surface area contributed by atoms with Gasteiger partial charge in [-0.25, -0.2) is 19.0 Å². The van der Waals surface area contributed by atoms with Crippen molar-refractivity contribution in [2.24, 2.45) is 0 Å². The zero-order valence-corrected chi connectivity index (χ0v) is 23.6. The molecule has 2 atom stereocenters. The van der Waals surface area contributed by atoms with Crippen LogP contribution >= 0.6 is 11.6 Å². The zero-order valence-electron chi connectivity index (χ0n) is 22.8. The van der Waals surface area contributed by atoms with E-state index in [9.17, 15) is 19.2 Å². The van der Waals surface area contributed by atoms with E-state index in [1.54, 1.807) is 26.8 Å². The molecule has 0 saturated carbocycles. The molecule has 4 rings (SSSR count). The van der Waals surface area contributed by atoms with E-state index in [1.807, 2.05) is 0 Å². The molecule has 3 amide bonds. The molecule has 41 heavy (non-hydrogen) atoms. The number of halogens is 2. The molecule has 1 aliphatic rings. The van der Waals surface area contributed by atoms with Crippen LogP contribution < -0.4 is 16.2 Å². The third-order valence-corrected chi connectivity index (χ3v) is 6.40. The van der Waals surface area contributed by atoms with Gasteiger partial charge in [-0.1, -0.05) is 11.6 Å². The van der Waals surface area contributed by atoms with Gasteiger partial charge in [0, 0.05) is 38.5 Å². The van der Waals surface area contributed by atoms with Gasteiger partial charge in [-0.15, -0.1) is 0 Å². The van der Waals surface area contributed by atoms with Gasteiger partial charge < -0.3 is 19.7 Å². The lowest BCUT2D eigenvalue weighted by molar-refractivity contribution is -0.119. The minimum absolute atomic E-state index is 0.131. The molecule has 11 nitrogen and oxygen atoms in total. The minimum atomic E-state index is -0.959. The van der Waals surface area contributed by atoms with Crippen molar-refractivity contribution in [2.75, 3.05) is 24.3 Å². The molecule has 216 valence electrons. The Balaban J connectivity index is 1.51. The minimum Gasteiger partial charge on any atom is -0.456 e. The van der Waals surface area contributed by atoms with E-state index in [4.69, 9.17) is 21.1 Å². The first-order chi connectivity index (χ1) is 19.4. The molecule has 0 radical (unpaired) electrons. The van der Waals surface area contributed by atoms with Crippen molar-refractivity contribution >= 4 is 41.0 Å². The van der Waals surface area contributed by atoms with Gasteiger partial charge >= 0.3 is 12.0 Å². The molecule has 2 aromatic heterocycles. The van der Waals surface area contributed by atoms with Gasteiger partial charge in [0.2, 0.25) is 5.91 Å². The molecule has 1 saturated heterocycles. The van der Waals surface area contributed by atoms with Crippen LogP contribution in [0.15, 0.2) is 59.7 Å². The Labute approximate surface area is 240 Å². The fourth-order valence-corrected chi connectivity index (χ4v) is 4.34. The number of carbonyl (C=O) groups excluding carboxylic acids is 3. The van der Waals surface area contributed by atoms with Crippen LogP contribution in [0.3, 0.4) is 0 Å². The fraction of sp³-hybridized carbons (Fsp3) is 0.321. The van der Waals surface area contributed by atoms with Gasteiger partial charge in [-0.2, -0.15) is 0 Å². The summed E-state index contributed by atoms with van der Waals surface area (Å²) in [6.07, 6.45) is 2.54. The smallest absolute Gasteiger partial charge is 0.344 e. The maximum Gasteiger partial charge on any atom is 0.344 e. The Hall–Kier alpha value is -4.29. The molecule has 0 unspecified atom stereocenters. The number of aromatic nitrogens is 2. The molecule has 0 bridgehead atoms. The number of likely N-dealkylation sites (tertiary alicyclic amines) is 1. The standard InChI is InChI=1S/C28H29ClFN5O6/c1-28(2,3)41-26(38)19-6-5-11-34(25(19)37)17-8-9-21(20(30)12-17)32-24(36)22-13-18(40-4)15-35(22)27(39)33-23-10-7-16(29)14-31-23/h5-12,14,18,22H,13,15H2,1-4H3,(H,32,36)(H,31,33,39)/t18-,22-/m1/s1. The molecule has 2 N–H and O–H groups in total. The van der Waals surface area contributed by atoms with Crippen molar-refractivity contribution in [3.8, 4) is 5.69 Å². The molecule has 3 heterocycles. The van der Waals surface area contributed by atoms with Gasteiger partial charge in [0.1, 0.15) is 28.8 Å². The van der Waals surface area contributed by atoms with E-state index in [0.29, 0.717) is 5.02 Å². The predicted molar refractivity (Wildman–Crippen MR) is 150 cm³/mol. The van der Waals surface area contributed by atoms with Crippen LogP contribution in [-0.4, -0.2) is 63.8 Å². The second-order valence-electron chi connectivity index (χ2n) is 10.3. The van der Waals surface area contributed by atoms with Crippen LogP contribution in [0, 0.1) is 5.82 Å². The van der Waals surface area contributed by atoms with Crippen LogP contribution in [0.25, 0.3) is 5.69 Å². The van der Waals surface area contributed by atoms with Crippen molar-refractivity contribution in [3.05, 3.63) is 81.6 Å². The van der Waals surface area contributed by atoms with Crippen molar-refractivity contribution in [2.45, 2.75) is 44.9 Å². The molecule has 0 spiro atoms. The lowest BCUT2D eigenvalue weighted by atomic mass is 10.1. The number of nitrogens with one attached hydrogen (secondary N) is 2. The largest absolute Gasteiger partial charge is 0.456 e. The number of hydrogen-bond acceptors (Lipinski definition) is 7. The summed E-state index contributed by atoms with van der Waals surface area (Å²) in [6.45, 7) is 5.17. The number of methoxy groups -OCH3 is 1. The van der Waals surface area contributed by atoms with E-state index >= 15 is 4.39 Å². The number of nitrogens with zero attached hydrogens (tertiary/aromatic N) is 3. The number of carbonyl (C=O) groups is 3. The van der Waals surface area contributed by atoms with Gasteiger partial charge in [0.05, 0.1) is 22.5 Å². The monoisotopic (exact) mass is 585 g/mol. The number of benzene rings is 1. The summed E-state index contributed by atoms with van der Waals surface area (Å²) in [5.74, 6) is -2.01. The summed E-state index contributed by atoms with van der Waals surface area (Å²) in [6, 6.07) is 8.10. The summed E-state index contributed by atoms with van der Waals surface area (Å²) in [5, 5.41) is 5.53.